The largest absolute Gasteiger partial charge is 0.396 e. The van der Waals surface area contributed by atoms with Crippen LogP contribution in [0, 0.1) is 16.2 Å². The molecule has 1 aliphatic rings. The standard InChI is InChI=1S/C15H31NO/c1-13(2,3)15(11-17,14(4,5)6)12-9-7-8-10-16-12/h12,16-17H,7-11H2,1-6H3/t12-/m0/s1. The molecule has 2 N–H and O–H groups in total. The minimum absolute atomic E-state index is 0.0690. The van der Waals surface area contributed by atoms with Crippen molar-refractivity contribution in [3.8, 4) is 0 Å². The zero-order valence-electron chi connectivity index (χ0n) is 12.6. The summed E-state index contributed by atoms with van der Waals surface area (Å²) in [6, 6.07) is 0.432. The Labute approximate surface area is 107 Å². The number of hydrogen-bond acceptors (Lipinski definition) is 2. The molecule has 1 fully saturated rings. The molecule has 17 heavy (non-hydrogen) atoms. The Balaban J connectivity index is 3.16. The van der Waals surface area contributed by atoms with Crippen LogP contribution in [0.25, 0.3) is 0 Å². The van der Waals surface area contributed by atoms with Crippen LogP contribution in [-0.2, 0) is 0 Å². The molecule has 1 rings (SSSR count). The Hall–Kier alpha value is -0.0800. The predicted octanol–water partition coefficient (Wildman–Crippen LogP) is 3.20. The van der Waals surface area contributed by atoms with Crippen molar-refractivity contribution in [1.29, 1.82) is 0 Å². The maximum Gasteiger partial charge on any atom is 0.0512 e. The van der Waals surface area contributed by atoms with Crippen LogP contribution in [0.2, 0.25) is 0 Å². The van der Waals surface area contributed by atoms with E-state index < -0.39 is 0 Å². The van der Waals surface area contributed by atoms with Gasteiger partial charge in [0.05, 0.1) is 6.61 Å². The first-order valence-corrected chi connectivity index (χ1v) is 7.01. The van der Waals surface area contributed by atoms with E-state index in [-0.39, 0.29) is 22.9 Å². The number of rotatable bonds is 2. The molecule has 0 unspecified atom stereocenters. The molecule has 0 amide bonds. The molecule has 0 radical (unpaired) electrons. The third kappa shape index (κ3) is 2.53. The summed E-state index contributed by atoms with van der Waals surface area (Å²) in [5.74, 6) is 0. The van der Waals surface area contributed by atoms with Crippen LogP contribution in [0.3, 0.4) is 0 Å². The van der Waals surface area contributed by atoms with Crippen molar-refractivity contribution in [1.82, 2.24) is 5.32 Å². The molecule has 2 heteroatoms. The van der Waals surface area contributed by atoms with Crippen LogP contribution in [-0.4, -0.2) is 24.3 Å². The van der Waals surface area contributed by atoms with E-state index in [1.807, 2.05) is 0 Å². The number of hydrogen-bond donors (Lipinski definition) is 2. The van der Waals surface area contributed by atoms with E-state index in [4.69, 9.17) is 0 Å². The molecular weight excluding hydrogens is 210 g/mol. The molecule has 1 aliphatic heterocycles. The Morgan fingerprint density at radius 3 is 1.82 bits per heavy atom. The van der Waals surface area contributed by atoms with Gasteiger partial charge in [-0.05, 0) is 30.2 Å². The van der Waals surface area contributed by atoms with Gasteiger partial charge in [-0.3, -0.25) is 0 Å². The lowest BCUT2D eigenvalue weighted by molar-refractivity contribution is -0.109. The number of aliphatic hydroxyl groups excluding tert-OH is 1. The van der Waals surface area contributed by atoms with Crippen molar-refractivity contribution in [3.05, 3.63) is 0 Å². The fourth-order valence-electron chi connectivity index (χ4n) is 4.03. The van der Waals surface area contributed by atoms with Crippen LogP contribution in [0.1, 0.15) is 60.8 Å². The third-order valence-electron chi connectivity index (χ3n) is 4.83. The quantitative estimate of drug-likeness (QED) is 0.778. The molecule has 1 atom stereocenters. The summed E-state index contributed by atoms with van der Waals surface area (Å²) in [4.78, 5) is 0. The molecule has 0 aromatic heterocycles. The molecular formula is C15H31NO. The summed E-state index contributed by atoms with van der Waals surface area (Å²) in [5, 5.41) is 13.8. The van der Waals surface area contributed by atoms with Crippen molar-refractivity contribution >= 4 is 0 Å². The zero-order chi connectivity index (χ0) is 13.3. The van der Waals surface area contributed by atoms with E-state index >= 15 is 0 Å². The smallest absolute Gasteiger partial charge is 0.0512 e. The van der Waals surface area contributed by atoms with Crippen molar-refractivity contribution in [2.75, 3.05) is 13.2 Å². The van der Waals surface area contributed by atoms with Crippen molar-refractivity contribution in [3.63, 3.8) is 0 Å². The van der Waals surface area contributed by atoms with Crippen molar-refractivity contribution < 1.29 is 5.11 Å². The van der Waals surface area contributed by atoms with E-state index in [1.165, 1.54) is 19.3 Å². The van der Waals surface area contributed by atoms with Gasteiger partial charge in [-0.2, -0.15) is 0 Å². The van der Waals surface area contributed by atoms with Gasteiger partial charge in [-0.1, -0.05) is 48.0 Å². The number of nitrogens with one attached hydrogen (secondary N) is 1. The van der Waals surface area contributed by atoms with Crippen molar-refractivity contribution in [2.24, 2.45) is 16.2 Å². The lowest BCUT2D eigenvalue weighted by atomic mass is 9.50. The van der Waals surface area contributed by atoms with Gasteiger partial charge in [0.25, 0.3) is 0 Å². The summed E-state index contributed by atoms with van der Waals surface area (Å²) in [6.45, 7) is 15.0. The van der Waals surface area contributed by atoms with E-state index in [0.29, 0.717) is 6.04 Å². The predicted molar refractivity (Wildman–Crippen MR) is 74.1 cm³/mol. The molecule has 0 aromatic carbocycles. The Kier molecular flexibility index (Phi) is 4.31. The van der Waals surface area contributed by atoms with Gasteiger partial charge >= 0.3 is 0 Å². The molecule has 1 heterocycles. The average molecular weight is 241 g/mol. The number of piperidine rings is 1. The molecule has 0 bridgehead atoms. The third-order valence-corrected chi connectivity index (χ3v) is 4.83. The fourth-order valence-corrected chi connectivity index (χ4v) is 4.03. The lowest BCUT2D eigenvalue weighted by Gasteiger charge is -2.58. The topological polar surface area (TPSA) is 32.3 Å². The average Bonchev–Trinajstić information content (AvgIpc) is 2.16. The van der Waals surface area contributed by atoms with Gasteiger partial charge in [-0.15, -0.1) is 0 Å². The molecule has 2 nitrogen and oxygen atoms in total. The maximum absolute atomic E-state index is 10.2. The second-order valence-corrected chi connectivity index (χ2v) is 7.63. The van der Waals surface area contributed by atoms with Gasteiger partial charge < -0.3 is 10.4 Å². The molecule has 0 saturated carbocycles. The first kappa shape index (κ1) is 15.0. The van der Waals surface area contributed by atoms with E-state index in [9.17, 15) is 5.11 Å². The van der Waals surface area contributed by atoms with Crippen LogP contribution < -0.4 is 5.32 Å². The first-order valence-electron chi connectivity index (χ1n) is 7.01. The summed E-state index contributed by atoms with van der Waals surface area (Å²) in [7, 11) is 0. The van der Waals surface area contributed by atoms with Crippen LogP contribution >= 0.6 is 0 Å². The second-order valence-electron chi connectivity index (χ2n) is 7.63. The maximum atomic E-state index is 10.2. The minimum atomic E-state index is -0.0690. The normalized spacial score (nSPS) is 23.8. The highest BCUT2D eigenvalue weighted by atomic mass is 16.3. The van der Waals surface area contributed by atoms with Crippen LogP contribution in [0.15, 0.2) is 0 Å². The molecule has 102 valence electrons. The highest BCUT2D eigenvalue weighted by Crippen LogP contribution is 2.54. The summed E-state index contributed by atoms with van der Waals surface area (Å²) < 4.78 is 0. The van der Waals surface area contributed by atoms with Gasteiger partial charge in [0.15, 0.2) is 0 Å². The number of aliphatic hydroxyl groups is 1. The second kappa shape index (κ2) is 4.89. The zero-order valence-corrected chi connectivity index (χ0v) is 12.6. The fraction of sp³-hybridized carbons (Fsp3) is 1.00. The Bertz CT molecular complexity index is 227. The van der Waals surface area contributed by atoms with Gasteiger partial charge in [0.2, 0.25) is 0 Å². The summed E-state index contributed by atoms with van der Waals surface area (Å²) in [6.07, 6.45) is 3.74. The summed E-state index contributed by atoms with van der Waals surface area (Å²) >= 11 is 0. The Morgan fingerprint density at radius 1 is 1.00 bits per heavy atom. The Morgan fingerprint density at radius 2 is 1.53 bits per heavy atom. The molecule has 0 aliphatic carbocycles. The van der Waals surface area contributed by atoms with Gasteiger partial charge in [-0.25, -0.2) is 0 Å². The van der Waals surface area contributed by atoms with E-state index in [0.717, 1.165) is 6.54 Å². The van der Waals surface area contributed by atoms with E-state index in [2.05, 4.69) is 46.9 Å². The van der Waals surface area contributed by atoms with Crippen LogP contribution in [0.4, 0.5) is 0 Å². The monoisotopic (exact) mass is 241 g/mol. The first-order chi connectivity index (χ1) is 7.67. The summed E-state index contributed by atoms with van der Waals surface area (Å²) in [5.41, 5.74) is 0.116. The SMILES string of the molecule is CC(C)(C)C(CO)([C@@H]1CCCCN1)C(C)(C)C. The van der Waals surface area contributed by atoms with Gasteiger partial charge in [0, 0.05) is 11.5 Å². The highest BCUT2D eigenvalue weighted by molar-refractivity contribution is 5.06. The van der Waals surface area contributed by atoms with Crippen LogP contribution in [0.5, 0.6) is 0 Å². The lowest BCUT2D eigenvalue weighted by Crippen LogP contribution is -2.62. The molecule has 1 saturated heterocycles. The van der Waals surface area contributed by atoms with Crippen molar-refractivity contribution in [2.45, 2.75) is 66.8 Å². The van der Waals surface area contributed by atoms with E-state index in [1.54, 1.807) is 0 Å². The highest BCUT2D eigenvalue weighted by Gasteiger charge is 2.54. The molecule has 0 aromatic rings. The minimum Gasteiger partial charge on any atom is -0.396 e. The molecule has 0 spiro atoms. The van der Waals surface area contributed by atoms with Gasteiger partial charge in [0.1, 0.15) is 0 Å².